The maximum absolute atomic E-state index is 12.1. The minimum absolute atomic E-state index is 0.0425. The summed E-state index contributed by atoms with van der Waals surface area (Å²) in [5, 5.41) is 4.00. The van der Waals surface area contributed by atoms with Gasteiger partial charge in [-0.3, -0.25) is 4.79 Å². The third-order valence-corrected chi connectivity index (χ3v) is 3.98. The first-order valence-corrected chi connectivity index (χ1v) is 6.95. The second kappa shape index (κ2) is 5.29. The zero-order valence-electron chi connectivity index (χ0n) is 9.71. The monoisotopic (exact) mass is 263 g/mol. The lowest BCUT2D eigenvalue weighted by molar-refractivity contribution is -0.122. The number of hydrogen-bond acceptors (Lipinski definition) is 3. The van der Waals surface area contributed by atoms with Crippen LogP contribution in [0, 0.1) is 0 Å². The lowest BCUT2D eigenvalue weighted by Crippen LogP contribution is -2.22. The van der Waals surface area contributed by atoms with Crippen LogP contribution in [-0.4, -0.2) is 24.9 Å². The summed E-state index contributed by atoms with van der Waals surface area (Å²) < 4.78 is 0. The molecule has 0 saturated carbocycles. The highest BCUT2D eigenvalue weighted by Crippen LogP contribution is 2.25. The zero-order valence-corrected chi connectivity index (χ0v) is 11.3. The van der Waals surface area contributed by atoms with E-state index < -0.39 is 0 Å². The van der Waals surface area contributed by atoms with E-state index in [0.717, 1.165) is 15.3 Å². The van der Waals surface area contributed by atoms with Crippen molar-refractivity contribution in [2.45, 2.75) is 0 Å². The fourth-order valence-electron chi connectivity index (χ4n) is 1.43. The Hall–Kier alpha value is -1.39. The lowest BCUT2D eigenvalue weighted by Gasteiger charge is -2.12. The molecule has 2 aromatic rings. The molecule has 0 fully saturated rings. The fourth-order valence-corrected chi connectivity index (χ4v) is 2.82. The topological polar surface area (TPSA) is 20.3 Å². The average molecular weight is 263 g/mol. The second-order valence-corrected chi connectivity index (χ2v) is 5.68. The smallest absolute Gasteiger partial charge is 0.254 e. The Labute approximate surface area is 109 Å². The Morgan fingerprint density at radius 3 is 2.41 bits per heavy atom. The number of likely N-dealkylation sites (N-methyl/N-ethyl adjacent to an activating group) is 1. The number of carbonyl (C=O) groups excluding carboxylic acids is 1. The summed E-state index contributed by atoms with van der Waals surface area (Å²) in [4.78, 5) is 15.9. The standard InChI is InChI=1S/C13H13NOS2/c1-14(2)13(15)11(12-6-4-8-17-12)9-10-5-3-7-16-10/h3-9H,1-2H3/b11-9+. The highest BCUT2D eigenvalue weighted by atomic mass is 32.1. The summed E-state index contributed by atoms with van der Waals surface area (Å²) in [5.41, 5.74) is 0.757. The zero-order chi connectivity index (χ0) is 12.3. The van der Waals surface area contributed by atoms with Crippen molar-refractivity contribution in [2.75, 3.05) is 14.1 Å². The van der Waals surface area contributed by atoms with Crippen LogP contribution in [0.3, 0.4) is 0 Å². The van der Waals surface area contributed by atoms with Crippen LogP contribution in [-0.2, 0) is 4.79 Å². The van der Waals surface area contributed by atoms with E-state index in [9.17, 15) is 4.79 Å². The van der Waals surface area contributed by atoms with Gasteiger partial charge in [-0.15, -0.1) is 22.7 Å². The molecule has 0 unspecified atom stereocenters. The van der Waals surface area contributed by atoms with Gasteiger partial charge >= 0.3 is 0 Å². The molecule has 0 radical (unpaired) electrons. The van der Waals surface area contributed by atoms with Crippen LogP contribution in [0.5, 0.6) is 0 Å². The van der Waals surface area contributed by atoms with Crippen LogP contribution < -0.4 is 0 Å². The number of thiophene rings is 2. The van der Waals surface area contributed by atoms with Crippen molar-refractivity contribution in [3.63, 3.8) is 0 Å². The van der Waals surface area contributed by atoms with Crippen molar-refractivity contribution in [1.29, 1.82) is 0 Å². The minimum atomic E-state index is 0.0425. The van der Waals surface area contributed by atoms with Crippen molar-refractivity contribution in [2.24, 2.45) is 0 Å². The van der Waals surface area contributed by atoms with E-state index in [1.165, 1.54) is 0 Å². The molecule has 2 aromatic heterocycles. The van der Waals surface area contributed by atoms with E-state index in [1.54, 1.807) is 41.7 Å². The summed E-state index contributed by atoms with van der Waals surface area (Å²) in [6.45, 7) is 0. The number of nitrogens with zero attached hydrogens (tertiary/aromatic N) is 1. The van der Waals surface area contributed by atoms with Gasteiger partial charge in [0.2, 0.25) is 0 Å². The highest BCUT2D eigenvalue weighted by molar-refractivity contribution is 7.12. The van der Waals surface area contributed by atoms with Crippen molar-refractivity contribution in [3.05, 3.63) is 44.8 Å². The molecule has 2 heterocycles. The van der Waals surface area contributed by atoms with Crippen LogP contribution in [0.2, 0.25) is 0 Å². The third kappa shape index (κ3) is 2.84. The van der Waals surface area contributed by atoms with Crippen LogP contribution in [0.25, 0.3) is 11.6 Å². The molecule has 0 bridgehead atoms. The van der Waals surface area contributed by atoms with E-state index in [-0.39, 0.29) is 5.91 Å². The van der Waals surface area contributed by atoms with Gasteiger partial charge in [0.05, 0.1) is 5.57 Å². The van der Waals surface area contributed by atoms with Gasteiger partial charge in [0.15, 0.2) is 0 Å². The van der Waals surface area contributed by atoms with Gasteiger partial charge in [0.25, 0.3) is 5.91 Å². The van der Waals surface area contributed by atoms with E-state index in [2.05, 4.69) is 0 Å². The molecule has 0 spiro atoms. The van der Waals surface area contributed by atoms with Crippen molar-refractivity contribution in [3.8, 4) is 0 Å². The largest absolute Gasteiger partial charge is 0.345 e. The highest BCUT2D eigenvalue weighted by Gasteiger charge is 2.15. The average Bonchev–Trinajstić information content (AvgIpc) is 2.97. The molecule has 2 rings (SSSR count). The minimum Gasteiger partial charge on any atom is -0.345 e. The maximum Gasteiger partial charge on any atom is 0.254 e. The van der Waals surface area contributed by atoms with E-state index in [1.807, 2.05) is 41.1 Å². The third-order valence-electron chi connectivity index (χ3n) is 2.25. The molecule has 0 aliphatic heterocycles. The van der Waals surface area contributed by atoms with Gasteiger partial charge in [-0.1, -0.05) is 12.1 Å². The Morgan fingerprint density at radius 2 is 1.88 bits per heavy atom. The quantitative estimate of drug-likeness (QED) is 0.777. The Kier molecular flexibility index (Phi) is 3.76. The van der Waals surface area contributed by atoms with E-state index >= 15 is 0 Å². The molecule has 88 valence electrons. The van der Waals surface area contributed by atoms with Crippen LogP contribution in [0.4, 0.5) is 0 Å². The van der Waals surface area contributed by atoms with Crippen LogP contribution in [0.15, 0.2) is 35.0 Å². The summed E-state index contributed by atoms with van der Waals surface area (Å²) in [6, 6.07) is 7.95. The van der Waals surface area contributed by atoms with Crippen molar-refractivity contribution < 1.29 is 4.79 Å². The van der Waals surface area contributed by atoms with Crippen molar-refractivity contribution in [1.82, 2.24) is 4.90 Å². The van der Waals surface area contributed by atoms with Gasteiger partial charge in [-0.2, -0.15) is 0 Å². The van der Waals surface area contributed by atoms with Gasteiger partial charge in [-0.25, -0.2) is 0 Å². The first-order valence-electron chi connectivity index (χ1n) is 5.19. The summed E-state index contributed by atoms with van der Waals surface area (Å²) in [7, 11) is 3.55. The Bertz CT molecular complexity index is 510. The number of hydrogen-bond donors (Lipinski definition) is 0. The molecule has 0 aromatic carbocycles. The first kappa shape index (κ1) is 12.1. The molecule has 2 nitrogen and oxygen atoms in total. The Morgan fingerprint density at radius 1 is 1.18 bits per heavy atom. The Balaban J connectivity index is 2.41. The molecule has 0 aliphatic rings. The van der Waals surface area contributed by atoms with Gasteiger partial charge in [0.1, 0.15) is 0 Å². The number of carbonyl (C=O) groups is 1. The molecule has 1 amide bonds. The molecule has 0 atom stereocenters. The predicted molar refractivity (Wildman–Crippen MR) is 75.2 cm³/mol. The molecule has 4 heteroatoms. The molecule has 0 aliphatic carbocycles. The summed E-state index contributed by atoms with van der Waals surface area (Å²) in [6.07, 6.45) is 1.96. The first-order chi connectivity index (χ1) is 8.18. The predicted octanol–water partition coefficient (Wildman–Crippen LogP) is 3.44. The van der Waals surface area contributed by atoms with E-state index in [0.29, 0.717) is 0 Å². The SMILES string of the molecule is CN(C)C(=O)/C(=C/c1cccs1)c1cccs1. The molecular formula is C13H13NOS2. The van der Waals surface area contributed by atoms with Gasteiger partial charge < -0.3 is 4.90 Å². The second-order valence-electron chi connectivity index (χ2n) is 3.75. The van der Waals surface area contributed by atoms with Gasteiger partial charge in [-0.05, 0) is 29.0 Å². The van der Waals surface area contributed by atoms with Gasteiger partial charge in [0, 0.05) is 23.8 Å². The maximum atomic E-state index is 12.1. The molecule has 17 heavy (non-hydrogen) atoms. The van der Waals surface area contributed by atoms with Crippen LogP contribution >= 0.6 is 22.7 Å². The fraction of sp³-hybridized carbons (Fsp3) is 0.154. The molecular weight excluding hydrogens is 250 g/mol. The lowest BCUT2D eigenvalue weighted by atomic mass is 10.1. The summed E-state index contributed by atoms with van der Waals surface area (Å²) >= 11 is 3.22. The molecule has 0 saturated heterocycles. The number of rotatable bonds is 3. The summed E-state index contributed by atoms with van der Waals surface area (Å²) in [5.74, 6) is 0.0425. The van der Waals surface area contributed by atoms with Crippen LogP contribution in [0.1, 0.15) is 9.75 Å². The normalized spacial score (nSPS) is 11.5. The molecule has 0 N–H and O–H groups in total. The van der Waals surface area contributed by atoms with E-state index in [4.69, 9.17) is 0 Å². The number of amides is 1. The van der Waals surface area contributed by atoms with Crippen molar-refractivity contribution >= 4 is 40.2 Å².